The summed E-state index contributed by atoms with van der Waals surface area (Å²) in [6, 6.07) is 12.2. The van der Waals surface area contributed by atoms with Crippen LogP contribution in [0.1, 0.15) is 30.0 Å². The van der Waals surface area contributed by atoms with Gasteiger partial charge in [0, 0.05) is 6.42 Å². The average molecular weight is 346 g/mol. The summed E-state index contributed by atoms with van der Waals surface area (Å²) in [6.45, 7) is 0.806. The highest BCUT2D eigenvalue weighted by Gasteiger charge is 2.15. The number of amides is 1. The van der Waals surface area contributed by atoms with E-state index < -0.39 is 0 Å². The summed E-state index contributed by atoms with van der Waals surface area (Å²) < 4.78 is 26.1. The molecule has 0 aliphatic heterocycles. The van der Waals surface area contributed by atoms with Crippen molar-refractivity contribution in [1.82, 2.24) is 10.2 Å². The number of hydrogen-bond acceptors (Lipinski definition) is 2. The van der Waals surface area contributed by atoms with Crippen molar-refractivity contribution in [1.29, 1.82) is 0 Å². The molecule has 3 nitrogen and oxygen atoms in total. The van der Waals surface area contributed by atoms with Gasteiger partial charge < -0.3 is 10.2 Å². The fourth-order valence-electron chi connectivity index (χ4n) is 2.58. The molecule has 1 N–H and O–H groups in total. The predicted octanol–water partition coefficient (Wildman–Crippen LogP) is 3.71. The van der Waals surface area contributed by atoms with E-state index in [0.29, 0.717) is 12.8 Å². The lowest BCUT2D eigenvalue weighted by atomic mass is 10.0. The Morgan fingerprint density at radius 1 is 1.00 bits per heavy atom. The molecule has 1 atom stereocenters. The molecule has 2 aromatic carbocycles. The van der Waals surface area contributed by atoms with Gasteiger partial charge in [-0.15, -0.1) is 0 Å². The van der Waals surface area contributed by atoms with Crippen LogP contribution in [-0.2, 0) is 11.2 Å². The molecule has 0 spiro atoms. The standard InChI is InChI=1S/C20H24F2N2O/c1-24(2)14-13-19(16-6-10-18(22)11-7-16)23-20(25)12-5-15-3-8-17(21)9-4-15/h3-4,6-11,19H,5,12-14H2,1-2H3,(H,23,25). The zero-order valence-corrected chi connectivity index (χ0v) is 14.6. The molecule has 25 heavy (non-hydrogen) atoms. The minimum Gasteiger partial charge on any atom is -0.349 e. The minimum absolute atomic E-state index is 0.0718. The van der Waals surface area contributed by atoms with Gasteiger partial charge in [-0.1, -0.05) is 24.3 Å². The van der Waals surface area contributed by atoms with E-state index in [4.69, 9.17) is 0 Å². The molecule has 5 heteroatoms. The predicted molar refractivity (Wildman–Crippen MR) is 95.2 cm³/mol. The molecule has 1 amide bonds. The number of benzene rings is 2. The molecule has 0 bridgehead atoms. The van der Waals surface area contributed by atoms with Gasteiger partial charge in [-0.3, -0.25) is 4.79 Å². The zero-order chi connectivity index (χ0) is 18.2. The van der Waals surface area contributed by atoms with Crippen LogP contribution in [0.25, 0.3) is 0 Å². The Balaban J connectivity index is 1.95. The van der Waals surface area contributed by atoms with E-state index in [9.17, 15) is 13.6 Å². The van der Waals surface area contributed by atoms with Gasteiger partial charge in [0.05, 0.1) is 6.04 Å². The fraction of sp³-hybridized carbons (Fsp3) is 0.350. The van der Waals surface area contributed by atoms with Crippen molar-refractivity contribution in [2.45, 2.75) is 25.3 Å². The second-order valence-electron chi connectivity index (χ2n) is 6.39. The number of nitrogens with one attached hydrogen (secondary N) is 1. The molecule has 0 aliphatic rings. The van der Waals surface area contributed by atoms with E-state index in [1.165, 1.54) is 24.3 Å². The third-order valence-electron chi connectivity index (χ3n) is 4.03. The van der Waals surface area contributed by atoms with E-state index >= 15 is 0 Å². The Labute approximate surface area is 147 Å². The van der Waals surface area contributed by atoms with Crippen LogP contribution in [-0.4, -0.2) is 31.4 Å². The Hall–Kier alpha value is -2.27. The van der Waals surface area contributed by atoms with E-state index in [2.05, 4.69) is 5.32 Å². The lowest BCUT2D eigenvalue weighted by Crippen LogP contribution is -2.31. The normalized spacial score (nSPS) is 12.2. The third-order valence-corrected chi connectivity index (χ3v) is 4.03. The van der Waals surface area contributed by atoms with Gasteiger partial charge >= 0.3 is 0 Å². The van der Waals surface area contributed by atoms with Crippen molar-refractivity contribution >= 4 is 5.91 Å². The lowest BCUT2D eigenvalue weighted by molar-refractivity contribution is -0.121. The highest BCUT2D eigenvalue weighted by atomic mass is 19.1. The van der Waals surface area contributed by atoms with Gasteiger partial charge in [-0.2, -0.15) is 0 Å². The van der Waals surface area contributed by atoms with Crippen molar-refractivity contribution < 1.29 is 13.6 Å². The number of hydrogen-bond donors (Lipinski definition) is 1. The first-order valence-corrected chi connectivity index (χ1v) is 8.38. The van der Waals surface area contributed by atoms with Crippen LogP contribution in [0.15, 0.2) is 48.5 Å². The summed E-state index contributed by atoms with van der Waals surface area (Å²) >= 11 is 0. The number of carbonyl (C=O) groups is 1. The van der Waals surface area contributed by atoms with Gasteiger partial charge in [-0.05, 0) is 68.9 Å². The highest BCUT2D eigenvalue weighted by molar-refractivity contribution is 5.76. The van der Waals surface area contributed by atoms with Crippen molar-refractivity contribution in [2.75, 3.05) is 20.6 Å². The number of aryl methyl sites for hydroxylation is 1. The molecule has 0 saturated heterocycles. The summed E-state index contributed by atoms with van der Waals surface area (Å²) in [6.07, 6.45) is 1.61. The molecular weight excluding hydrogens is 322 g/mol. The minimum atomic E-state index is -0.294. The molecule has 0 aromatic heterocycles. The van der Waals surface area contributed by atoms with Crippen molar-refractivity contribution in [3.63, 3.8) is 0 Å². The van der Waals surface area contributed by atoms with Crippen molar-refractivity contribution in [3.05, 3.63) is 71.3 Å². The smallest absolute Gasteiger partial charge is 0.220 e. The first-order chi connectivity index (χ1) is 11.9. The largest absolute Gasteiger partial charge is 0.349 e. The van der Waals surface area contributed by atoms with Crippen LogP contribution in [0.5, 0.6) is 0 Å². The summed E-state index contributed by atoms with van der Waals surface area (Å²) in [5.74, 6) is -0.650. The number of nitrogens with zero attached hydrogens (tertiary/aromatic N) is 1. The maximum Gasteiger partial charge on any atom is 0.220 e. The lowest BCUT2D eigenvalue weighted by Gasteiger charge is -2.21. The summed E-state index contributed by atoms with van der Waals surface area (Å²) in [7, 11) is 3.94. The van der Waals surface area contributed by atoms with Gasteiger partial charge in [0.2, 0.25) is 5.91 Å². The quantitative estimate of drug-likeness (QED) is 0.790. The van der Waals surface area contributed by atoms with Crippen LogP contribution >= 0.6 is 0 Å². The Kier molecular flexibility index (Phi) is 7.07. The Morgan fingerprint density at radius 3 is 2.12 bits per heavy atom. The van der Waals surface area contributed by atoms with Gasteiger partial charge in [0.15, 0.2) is 0 Å². The van der Waals surface area contributed by atoms with Gasteiger partial charge in [0.1, 0.15) is 11.6 Å². The maximum absolute atomic E-state index is 13.1. The summed E-state index contributed by atoms with van der Waals surface area (Å²) in [5, 5.41) is 3.03. The average Bonchev–Trinajstić information content (AvgIpc) is 2.59. The van der Waals surface area contributed by atoms with Crippen LogP contribution < -0.4 is 5.32 Å². The number of halogens is 2. The second kappa shape index (κ2) is 9.28. The Bertz CT molecular complexity index is 669. The Morgan fingerprint density at radius 2 is 1.56 bits per heavy atom. The molecule has 2 aromatic rings. The van der Waals surface area contributed by atoms with Crippen molar-refractivity contribution in [3.8, 4) is 0 Å². The molecule has 0 aliphatic carbocycles. The monoisotopic (exact) mass is 346 g/mol. The molecule has 2 rings (SSSR count). The molecule has 0 heterocycles. The maximum atomic E-state index is 13.1. The molecule has 1 unspecified atom stereocenters. The molecule has 0 fully saturated rings. The molecule has 134 valence electrons. The van der Waals surface area contributed by atoms with E-state index in [1.54, 1.807) is 24.3 Å². The summed E-state index contributed by atoms with van der Waals surface area (Å²) in [4.78, 5) is 14.3. The highest BCUT2D eigenvalue weighted by Crippen LogP contribution is 2.18. The molecular formula is C20H24F2N2O. The van der Waals surface area contributed by atoms with Crippen LogP contribution in [0.2, 0.25) is 0 Å². The zero-order valence-electron chi connectivity index (χ0n) is 14.6. The third kappa shape index (κ3) is 6.63. The van der Waals surface area contributed by atoms with Crippen LogP contribution in [0.4, 0.5) is 8.78 Å². The number of carbonyl (C=O) groups excluding carboxylic acids is 1. The number of rotatable bonds is 8. The first-order valence-electron chi connectivity index (χ1n) is 8.38. The second-order valence-corrected chi connectivity index (χ2v) is 6.39. The van der Waals surface area contributed by atoms with E-state index in [0.717, 1.165) is 24.1 Å². The van der Waals surface area contributed by atoms with Crippen molar-refractivity contribution in [2.24, 2.45) is 0 Å². The first kappa shape index (κ1) is 19.1. The van der Waals surface area contributed by atoms with E-state index in [-0.39, 0.29) is 23.6 Å². The van der Waals surface area contributed by atoms with Gasteiger partial charge in [0.25, 0.3) is 0 Å². The molecule has 0 saturated carbocycles. The topological polar surface area (TPSA) is 32.3 Å². The summed E-state index contributed by atoms with van der Waals surface area (Å²) in [5.41, 5.74) is 1.81. The van der Waals surface area contributed by atoms with Gasteiger partial charge in [-0.25, -0.2) is 8.78 Å². The van der Waals surface area contributed by atoms with Crippen LogP contribution in [0, 0.1) is 11.6 Å². The van der Waals surface area contributed by atoms with E-state index in [1.807, 2.05) is 19.0 Å². The SMILES string of the molecule is CN(C)CCC(NC(=O)CCc1ccc(F)cc1)c1ccc(F)cc1. The fourth-order valence-corrected chi connectivity index (χ4v) is 2.58. The molecule has 0 radical (unpaired) electrons. The van der Waals surface area contributed by atoms with Crippen LogP contribution in [0.3, 0.4) is 0 Å².